The molecule has 2 aromatic rings. The molecule has 0 saturated carbocycles. The van der Waals surface area contributed by atoms with E-state index in [4.69, 9.17) is 20.9 Å². The molecule has 0 bridgehead atoms. The van der Waals surface area contributed by atoms with Crippen LogP contribution in [-0.4, -0.2) is 89.8 Å². The molecule has 1 aromatic carbocycles. The average molecular weight is 406 g/mol. The summed E-state index contributed by atoms with van der Waals surface area (Å²) in [4.78, 5) is 23.3. The predicted octanol–water partition coefficient (Wildman–Crippen LogP) is 1.37. The first kappa shape index (κ1) is 19.3. The van der Waals surface area contributed by atoms with Gasteiger partial charge >= 0.3 is 0 Å². The van der Waals surface area contributed by atoms with Crippen molar-refractivity contribution in [2.45, 2.75) is 6.54 Å². The fraction of sp³-hybridized carbons (Fsp3) is 0.526. The number of amides is 1. The predicted molar refractivity (Wildman–Crippen MR) is 104 cm³/mol. The van der Waals surface area contributed by atoms with Gasteiger partial charge in [0.15, 0.2) is 0 Å². The maximum atomic E-state index is 12.5. The zero-order valence-electron chi connectivity index (χ0n) is 15.7. The summed E-state index contributed by atoms with van der Waals surface area (Å²) >= 11 is 6.02. The van der Waals surface area contributed by atoms with Crippen molar-refractivity contribution in [2.75, 3.05) is 59.0 Å². The summed E-state index contributed by atoms with van der Waals surface area (Å²) in [5, 5.41) is 4.69. The average Bonchev–Trinajstić information content (AvgIpc) is 3.18. The number of benzene rings is 1. The van der Waals surface area contributed by atoms with Crippen molar-refractivity contribution in [3.8, 4) is 11.4 Å². The molecular weight excluding hydrogens is 382 g/mol. The van der Waals surface area contributed by atoms with Gasteiger partial charge in [0.25, 0.3) is 0 Å². The quantitative estimate of drug-likeness (QED) is 0.743. The summed E-state index contributed by atoms with van der Waals surface area (Å²) in [6, 6.07) is 7.39. The molecule has 0 N–H and O–H groups in total. The van der Waals surface area contributed by atoms with Gasteiger partial charge in [-0.1, -0.05) is 28.9 Å². The van der Waals surface area contributed by atoms with Crippen LogP contribution in [0.1, 0.15) is 5.89 Å². The smallest absolute Gasteiger partial charge is 0.241 e. The molecule has 2 aliphatic heterocycles. The van der Waals surface area contributed by atoms with E-state index in [0.29, 0.717) is 43.0 Å². The van der Waals surface area contributed by atoms with Crippen molar-refractivity contribution in [1.29, 1.82) is 0 Å². The van der Waals surface area contributed by atoms with Gasteiger partial charge < -0.3 is 14.2 Å². The van der Waals surface area contributed by atoms with Crippen LogP contribution in [0.15, 0.2) is 28.8 Å². The maximum absolute atomic E-state index is 12.5. The summed E-state index contributed by atoms with van der Waals surface area (Å²) in [5.41, 5.74) is 0.834. The molecule has 150 valence electrons. The number of nitrogens with zero attached hydrogens (tertiary/aromatic N) is 5. The minimum atomic E-state index is 0.197. The van der Waals surface area contributed by atoms with Crippen LogP contribution < -0.4 is 0 Å². The first-order chi connectivity index (χ1) is 13.7. The number of carbonyl (C=O) groups excluding carboxylic acids is 1. The van der Waals surface area contributed by atoms with E-state index in [0.717, 1.165) is 44.8 Å². The van der Waals surface area contributed by atoms with E-state index < -0.39 is 0 Å². The molecule has 2 aliphatic rings. The molecule has 2 saturated heterocycles. The third-order valence-electron chi connectivity index (χ3n) is 5.10. The number of piperazine rings is 1. The van der Waals surface area contributed by atoms with Gasteiger partial charge in [0, 0.05) is 49.9 Å². The SMILES string of the molecule is O=C(CN1CCOCC1)N1CCN(Cc2nc(-c3cccc(Cl)c3)no2)CC1. The Morgan fingerprint density at radius 1 is 1.07 bits per heavy atom. The highest BCUT2D eigenvalue weighted by Gasteiger charge is 2.24. The summed E-state index contributed by atoms with van der Waals surface area (Å²) in [5.74, 6) is 1.31. The van der Waals surface area contributed by atoms with E-state index in [1.54, 1.807) is 0 Å². The number of ether oxygens (including phenoxy) is 1. The summed E-state index contributed by atoms with van der Waals surface area (Å²) in [7, 11) is 0. The molecular formula is C19H24ClN5O3. The third kappa shape index (κ3) is 4.88. The van der Waals surface area contributed by atoms with E-state index in [9.17, 15) is 4.79 Å². The Balaban J connectivity index is 1.26. The molecule has 1 aromatic heterocycles. The number of carbonyl (C=O) groups is 1. The van der Waals surface area contributed by atoms with Crippen LogP contribution in [-0.2, 0) is 16.1 Å². The lowest BCUT2D eigenvalue weighted by atomic mass is 10.2. The Kier molecular flexibility index (Phi) is 6.21. The second-order valence-electron chi connectivity index (χ2n) is 7.07. The second-order valence-corrected chi connectivity index (χ2v) is 7.50. The van der Waals surface area contributed by atoms with Gasteiger partial charge in [-0.25, -0.2) is 0 Å². The van der Waals surface area contributed by atoms with Crippen molar-refractivity contribution in [1.82, 2.24) is 24.8 Å². The van der Waals surface area contributed by atoms with Crippen molar-refractivity contribution < 1.29 is 14.1 Å². The van der Waals surface area contributed by atoms with Crippen LogP contribution in [0.25, 0.3) is 11.4 Å². The fourth-order valence-corrected chi connectivity index (χ4v) is 3.65. The van der Waals surface area contributed by atoms with Crippen LogP contribution in [0.2, 0.25) is 5.02 Å². The topological polar surface area (TPSA) is 74.9 Å². The Morgan fingerprint density at radius 2 is 1.86 bits per heavy atom. The number of hydrogen-bond donors (Lipinski definition) is 0. The summed E-state index contributed by atoms with van der Waals surface area (Å²) in [6.45, 7) is 7.18. The minimum absolute atomic E-state index is 0.197. The van der Waals surface area contributed by atoms with Gasteiger partial charge in [-0.05, 0) is 12.1 Å². The fourth-order valence-electron chi connectivity index (χ4n) is 3.46. The molecule has 4 rings (SSSR count). The Labute approximate surface area is 169 Å². The molecule has 2 fully saturated rings. The van der Waals surface area contributed by atoms with Crippen molar-refractivity contribution >= 4 is 17.5 Å². The normalized spacial score (nSPS) is 19.1. The van der Waals surface area contributed by atoms with E-state index in [2.05, 4.69) is 19.9 Å². The molecule has 0 spiro atoms. The molecule has 9 heteroatoms. The monoisotopic (exact) mass is 405 g/mol. The van der Waals surface area contributed by atoms with E-state index >= 15 is 0 Å². The van der Waals surface area contributed by atoms with Crippen molar-refractivity contribution in [3.05, 3.63) is 35.2 Å². The lowest BCUT2D eigenvalue weighted by Gasteiger charge is -2.35. The molecule has 3 heterocycles. The lowest BCUT2D eigenvalue weighted by Crippen LogP contribution is -2.52. The number of halogens is 1. The highest BCUT2D eigenvalue weighted by molar-refractivity contribution is 6.30. The zero-order valence-corrected chi connectivity index (χ0v) is 16.5. The van der Waals surface area contributed by atoms with Crippen LogP contribution in [0, 0.1) is 0 Å². The molecule has 0 radical (unpaired) electrons. The van der Waals surface area contributed by atoms with Gasteiger partial charge in [0.1, 0.15) is 0 Å². The van der Waals surface area contributed by atoms with Gasteiger partial charge in [-0.3, -0.25) is 14.6 Å². The maximum Gasteiger partial charge on any atom is 0.241 e. The number of aromatic nitrogens is 2. The third-order valence-corrected chi connectivity index (χ3v) is 5.33. The van der Waals surface area contributed by atoms with Crippen molar-refractivity contribution in [3.63, 3.8) is 0 Å². The Morgan fingerprint density at radius 3 is 2.61 bits per heavy atom. The van der Waals surface area contributed by atoms with E-state index in [-0.39, 0.29) is 5.91 Å². The molecule has 1 amide bonds. The van der Waals surface area contributed by atoms with Gasteiger partial charge in [-0.2, -0.15) is 4.98 Å². The van der Waals surface area contributed by atoms with Crippen molar-refractivity contribution in [2.24, 2.45) is 0 Å². The first-order valence-electron chi connectivity index (χ1n) is 9.56. The molecule has 0 unspecified atom stereocenters. The largest absolute Gasteiger partial charge is 0.379 e. The number of rotatable bonds is 5. The summed E-state index contributed by atoms with van der Waals surface area (Å²) in [6.07, 6.45) is 0. The van der Waals surface area contributed by atoms with Crippen LogP contribution in [0.3, 0.4) is 0 Å². The number of morpholine rings is 1. The standard InChI is InChI=1S/C19H24ClN5O3/c20-16-3-1-2-15(12-16)19-21-17(28-22-19)13-23-4-6-25(7-5-23)18(26)14-24-8-10-27-11-9-24/h1-3,12H,4-11,13-14H2. The number of hydrogen-bond acceptors (Lipinski definition) is 7. The van der Waals surface area contributed by atoms with Gasteiger partial charge in [-0.15, -0.1) is 0 Å². The lowest BCUT2D eigenvalue weighted by molar-refractivity contribution is -0.135. The first-order valence-corrected chi connectivity index (χ1v) is 9.94. The molecule has 28 heavy (non-hydrogen) atoms. The summed E-state index contributed by atoms with van der Waals surface area (Å²) < 4.78 is 10.7. The highest BCUT2D eigenvalue weighted by Crippen LogP contribution is 2.20. The second kappa shape index (κ2) is 9.00. The van der Waals surface area contributed by atoms with E-state index in [1.165, 1.54) is 0 Å². The molecule has 0 atom stereocenters. The van der Waals surface area contributed by atoms with Crippen LogP contribution in [0.5, 0.6) is 0 Å². The highest BCUT2D eigenvalue weighted by atomic mass is 35.5. The zero-order chi connectivity index (χ0) is 19.3. The molecule has 0 aliphatic carbocycles. The van der Waals surface area contributed by atoms with Gasteiger partial charge in [0.2, 0.25) is 17.6 Å². The Hall–Kier alpha value is -2.00. The Bertz CT molecular complexity index is 800. The molecule has 8 nitrogen and oxygen atoms in total. The van der Waals surface area contributed by atoms with E-state index in [1.807, 2.05) is 29.2 Å². The van der Waals surface area contributed by atoms with Crippen LogP contribution >= 0.6 is 11.6 Å². The minimum Gasteiger partial charge on any atom is -0.379 e. The van der Waals surface area contributed by atoms with Gasteiger partial charge in [0.05, 0.1) is 26.3 Å². The van der Waals surface area contributed by atoms with Crippen LogP contribution in [0.4, 0.5) is 0 Å².